The number of hydrogen-bond acceptors (Lipinski definition) is 4. The molecular weight excluding hydrogens is 396 g/mol. The van der Waals surface area contributed by atoms with E-state index in [1.807, 2.05) is 36.4 Å². The Morgan fingerprint density at radius 1 is 0.875 bits per heavy atom. The molecule has 0 spiro atoms. The van der Waals surface area contributed by atoms with E-state index in [0.717, 1.165) is 62.5 Å². The van der Waals surface area contributed by atoms with Crippen LogP contribution >= 0.6 is 0 Å². The van der Waals surface area contributed by atoms with Gasteiger partial charge in [-0.15, -0.1) is 0 Å². The van der Waals surface area contributed by atoms with Crippen LogP contribution in [0.25, 0.3) is 39.0 Å². The van der Waals surface area contributed by atoms with Gasteiger partial charge in [0.1, 0.15) is 17.9 Å². The molecule has 0 radical (unpaired) electrons. The number of hydrogen-bond donors (Lipinski definition) is 1. The Labute approximate surface area is 187 Å². The van der Waals surface area contributed by atoms with Crippen LogP contribution in [0.1, 0.15) is 12.6 Å². The van der Waals surface area contributed by atoms with Gasteiger partial charge in [0.2, 0.25) is 0 Å². The fraction of sp³-hybridized carbons (Fsp3) is 0.111. The number of nitrogens with two attached hydrogens (primary N) is 1. The molecule has 2 heterocycles. The Hall–Kier alpha value is -4.12. The van der Waals surface area contributed by atoms with E-state index in [2.05, 4.69) is 64.1 Å². The van der Waals surface area contributed by atoms with Crippen LogP contribution in [0.15, 0.2) is 85.3 Å². The Balaban J connectivity index is 1.73. The van der Waals surface area contributed by atoms with E-state index < -0.39 is 0 Å². The van der Waals surface area contributed by atoms with Crippen molar-refractivity contribution in [2.75, 3.05) is 12.8 Å². The van der Waals surface area contributed by atoms with Crippen molar-refractivity contribution in [2.24, 2.45) is 0 Å². The number of benzene rings is 3. The quantitative estimate of drug-likeness (QED) is 0.359. The summed E-state index contributed by atoms with van der Waals surface area (Å²) in [5.74, 6) is 1.69. The van der Waals surface area contributed by atoms with Crippen molar-refractivity contribution in [3.05, 3.63) is 91.0 Å². The van der Waals surface area contributed by atoms with Crippen LogP contribution in [0.5, 0.6) is 5.75 Å². The Morgan fingerprint density at radius 3 is 2.44 bits per heavy atom. The van der Waals surface area contributed by atoms with Gasteiger partial charge in [-0.05, 0) is 53.4 Å². The molecule has 0 atom stereocenters. The number of anilines is 1. The highest BCUT2D eigenvalue weighted by Gasteiger charge is 2.14. The first-order valence-electron chi connectivity index (χ1n) is 10.6. The highest BCUT2D eigenvalue weighted by atomic mass is 16.5. The fourth-order valence-corrected chi connectivity index (χ4v) is 4.03. The average Bonchev–Trinajstić information content (AvgIpc) is 3.23. The van der Waals surface area contributed by atoms with Crippen molar-refractivity contribution in [3.8, 4) is 33.8 Å². The summed E-state index contributed by atoms with van der Waals surface area (Å²) in [5, 5.41) is 1.14. The molecule has 2 aromatic heterocycles. The molecule has 0 fully saturated rings. The van der Waals surface area contributed by atoms with Crippen LogP contribution in [-0.2, 0) is 6.42 Å². The number of methoxy groups -OCH3 is 1. The SMILES string of the molecule is CCc1cc(-n2cc(-c3cccc(N)c3)c3ccc(-c4ccc(OC)cc4)cc32)ncn1. The number of aryl methyl sites for hydroxylation is 1. The maximum Gasteiger partial charge on any atom is 0.140 e. The van der Waals surface area contributed by atoms with E-state index in [4.69, 9.17) is 10.5 Å². The highest BCUT2D eigenvalue weighted by Crippen LogP contribution is 2.35. The summed E-state index contributed by atoms with van der Waals surface area (Å²) in [4.78, 5) is 8.94. The van der Waals surface area contributed by atoms with Gasteiger partial charge < -0.3 is 15.0 Å². The molecule has 0 aliphatic rings. The molecule has 0 unspecified atom stereocenters. The molecule has 5 nitrogen and oxygen atoms in total. The molecule has 5 aromatic rings. The highest BCUT2D eigenvalue weighted by molar-refractivity contribution is 5.99. The zero-order chi connectivity index (χ0) is 22.1. The lowest BCUT2D eigenvalue weighted by atomic mass is 10.0. The number of ether oxygens (including phenoxy) is 1. The van der Waals surface area contributed by atoms with Gasteiger partial charge in [-0.25, -0.2) is 9.97 Å². The summed E-state index contributed by atoms with van der Waals surface area (Å²) in [6.07, 6.45) is 4.63. The van der Waals surface area contributed by atoms with E-state index >= 15 is 0 Å². The molecular formula is C27H24N4O. The molecule has 0 amide bonds. The third-order valence-corrected chi connectivity index (χ3v) is 5.74. The van der Waals surface area contributed by atoms with E-state index in [1.54, 1.807) is 13.4 Å². The van der Waals surface area contributed by atoms with Crippen molar-refractivity contribution in [1.29, 1.82) is 0 Å². The zero-order valence-electron chi connectivity index (χ0n) is 18.1. The first-order valence-corrected chi connectivity index (χ1v) is 10.6. The Morgan fingerprint density at radius 2 is 1.69 bits per heavy atom. The predicted octanol–water partition coefficient (Wildman–Crippen LogP) is 5.91. The first-order chi connectivity index (χ1) is 15.7. The largest absolute Gasteiger partial charge is 0.497 e. The topological polar surface area (TPSA) is 66.0 Å². The number of fused-ring (bicyclic) bond motifs is 1. The van der Waals surface area contributed by atoms with Crippen molar-refractivity contribution in [1.82, 2.24) is 14.5 Å². The van der Waals surface area contributed by atoms with Gasteiger partial charge in [0.05, 0.1) is 12.6 Å². The van der Waals surface area contributed by atoms with E-state index in [-0.39, 0.29) is 0 Å². The van der Waals surface area contributed by atoms with Crippen molar-refractivity contribution >= 4 is 16.6 Å². The molecule has 32 heavy (non-hydrogen) atoms. The lowest BCUT2D eigenvalue weighted by Crippen LogP contribution is -1.99. The second-order valence-electron chi connectivity index (χ2n) is 7.72. The maximum absolute atomic E-state index is 6.08. The second-order valence-corrected chi connectivity index (χ2v) is 7.72. The minimum atomic E-state index is 0.744. The molecule has 2 N–H and O–H groups in total. The minimum Gasteiger partial charge on any atom is -0.497 e. The van der Waals surface area contributed by atoms with Crippen molar-refractivity contribution < 1.29 is 4.74 Å². The summed E-state index contributed by atoms with van der Waals surface area (Å²) in [6.45, 7) is 2.10. The Kier molecular flexibility index (Phi) is 5.07. The lowest BCUT2D eigenvalue weighted by Gasteiger charge is -2.08. The summed E-state index contributed by atoms with van der Waals surface area (Å²) in [7, 11) is 1.68. The van der Waals surface area contributed by atoms with Crippen LogP contribution in [-0.4, -0.2) is 21.6 Å². The third-order valence-electron chi connectivity index (χ3n) is 5.74. The maximum atomic E-state index is 6.08. The zero-order valence-corrected chi connectivity index (χ0v) is 18.1. The third kappa shape index (κ3) is 3.58. The monoisotopic (exact) mass is 420 g/mol. The Bertz CT molecular complexity index is 1400. The average molecular weight is 421 g/mol. The molecule has 0 saturated heterocycles. The summed E-state index contributed by atoms with van der Waals surface area (Å²) < 4.78 is 7.45. The first kappa shape index (κ1) is 19.8. The number of aromatic nitrogens is 3. The number of nitrogens with zero attached hydrogens (tertiary/aromatic N) is 3. The van der Waals surface area contributed by atoms with Crippen LogP contribution in [0, 0.1) is 0 Å². The standard InChI is InChI=1S/C27H24N4O/c1-3-22-15-27(30-17-29-22)31-16-25(20-5-4-6-21(28)13-20)24-12-9-19(14-26(24)31)18-7-10-23(32-2)11-8-18/h4-17H,3,28H2,1-2H3. The van der Waals surface area contributed by atoms with Gasteiger partial charge in [-0.3, -0.25) is 0 Å². The lowest BCUT2D eigenvalue weighted by molar-refractivity contribution is 0.415. The second kappa shape index (κ2) is 8.19. The van der Waals surface area contributed by atoms with E-state index in [9.17, 15) is 0 Å². The molecule has 0 aliphatic carbocycles. The molecule has 0 bridgehead atoms. The molecule has 5 heteroatoms. The van der Waals surface area contributed by atoms with E-state index in [0.29, 0.717) is 0 Å². The number of rotatable bonds is 5. The fourth-order valence-electron chi connectivity index (χ4n) is 4.03. The predicted molar refractivity (Wildman–Crippen MR) is 130 cm³/mol. The van der Waals surface area contributed by atoms with Crippen LogP contribution in [0.3, 0.4) is 0 Å². The number of nitrogen functional groups attached to an aromatic ring is 1. The summed E-state index contributed by atoms with van der Waals surface area (Å²) in [5.41, 5.74) is 13.4. The summed E-state index contributed by atoms with van der Waals surface area (Å²) in [6, 6.07) is 24.7. The van der Waals surface area contributed by atoms with Gasteiger partial charge in [0.25, 0.3) is 0 Å². The van der Waals surface area contributed by atoms with Crippen LogP contribution < -0.4 is 10.5 Å². The molecule has 158 valence electrons. The van der Waals surface area contributed by atoms with Gasteiger partial charge in [-0.2, -0.15) is 0 Å². The summed E-state index contributed by atoms with van der Waals surface area (Å²) >= 11 is 0. The van der Waals surface area contributed by atoms with Crippen molar-refractivity contribution in [2.45, 2.75) is 13.3 Å². The van der Waals surface area contributed by atoms with E-state index in [1.165, 1.54) is 0 Å². The van der Waals surface area contributed by atoms with Gasteiger partial charge >= 0.3 is 0 Å². The van der Waals surface area contributed by atoms with Gasteiger partial charge in [0.15, 0.2) is 0 Å². The molecule has 0 saturated carbocycles. The van der Waals surface area contributed by atoms with Crippen molar-refractivity contribution in [3.63, 3.8) is 0 Å². The minimum absolute atomic E-state index is 0.744. The van der Waals surface area contributed by atoms with Crippen LogP contribution in [0.2, 0.25) is 0 Å². The van der Waals surface area contributed by atoms with Gasteiger partial charge in [-0.1, -0.05) is 43.3 Å². The normalized spacial score (nSPS) is 11.1. The molecule has 0 aliphatic heterocycles. The van der Waals surface area contributed by atoms with Crippen LogP contribution in [0.4, 0.5) is 5.69 Å². The smallest absolute Gasteiger partial charge is 0.140 e. The molecule has 5 rings (SSSR count). The van der Waals surface area contributed by atoms with Gasteiger partial charge in [0, 0.05) is 34.6 Å². The molecule has 3 aromatic carbocycles.